The molecule has 0 unspecified atom stereocenters. The highest BCUT2D eigenvalue weighted by Crippen LogP contribution is 2.23. The van der Waals surface area contributed by atoms with Gasteiger partial charge >= 0.3 is 0 Å². The van der Waals surface area contributed by atoms with Crippen LogP contribution in [0.25, 0.3) is 0 Å². The first-order valence-corrected chi connectivity index (χ1v) is 9.44. The van der Waals surface area contributed by atoms with Crippen LogP contribution in [0.4, 0.5) is 0 Å². The molecule has 112 valence electrons. The van der Waals surface area contributed by atoms with E-state index < -0.39 is 9.84 Å². The van der Waals surface area contributed by atoms with Gasteiger partial charge in [-0.15, -0.1) is 10.2 Å². The van der Waals surface area contributed by atoms with Crippen LogP contribution in [0, 0.1) is 12.3 Å². The molecular formula is C12H14N4O2S3. The SMILES string of the molecule is Cc1nnc(SCCS(=O)(=O)c2ccc(C(=N)N)cc2)s1. The Morgan fingerprint density at radius 2 is 2.00 bits per heavy atom. The summed E-state index contributed by atoms with van der Waals surface area (Å²) >= 11 is 2.83. The van der Waals surface area contributed by atoms with Crippen LogP contribution < -0.4 is 5.73 Å². The molecule has 1 aromatic heterocycles. The van der Waals surface area contributed by atoms with Crippen molar-refractivity contribution in [1.82, 2.24) is 10.2 Å². The molecule has 1 aromatic carbocycles. The van der Waals surface area contributed by atoms with Crippen molar-refractivity contribution in [3.8, 4) is 0 Å². The molecule has 0 saturated heterocycles. The lowest BCUT2D eigenvalue weighted by molar-refractivity contribution is 0.597. The molecule has 0 saturated carbocycles. The number of nitrogens with one attached hydrogen (secondary N) is 1. The van der Waals surface area contributed by atoms with Crippen LogP contribution in [0.5, 0.6) is 0 Å². The van der Waals surface area contributed by atoms with Crippen molar-refractivity contribution in [2.45, 2.75) is 16.2 Å². The third-order valence-corrected chi connectivity index (χ3v) is 6.57. The number of thioether (sulfide) groups is 1. The molecule has 2 aromatic rings. The number of hydrogen-bond acceptors (Lipinski definition) is 7. The van der Waals surface area contributed by atoms with Crippen LogP contribution in [-0.2, 0) is 9.84 Å². The van der Waals surface area contributed by atoms with Crippen LogP contribution in [-0.4, -0.2) is 36.0 Å². The monoisotopic (exact) mass is 342 g/mol. The molecule has 9 heteroatoms. The van der Waals surface area contributed by atoms with Gasteiger partial charge in [-0.2, -0.15) is 0 Å². The minimum atomic E-state index is -3.34. The van der Waals surface area contributed by atoms with E-state index in [4.69, 9.17) is 11.1 Å². The lowest BCUT2D eigenvalue weighted by Crippen LogP contribution is -2.12. The summed E-state index contributed by atoms with van der Waals surface area (Å²) < 4.78 is 25.1. The predicted molar refractivity (Wildman–Crippen MR) is 84.9 cm³/mol. The van der Waals surface area contributed by atoms with Crippen LogP contribution in [0.2, 0.25) is 0 Å². The summed E-state index contributed by atoms with van der Waals surface area (Å²) in [5.41, 5.74) is 5.85. The van der Waals surface area contributed by atoms with Crippen molar-refractivity contribution < 1.29 is 8.42 Å². The molecule has 0 fully saturated rings. The number of aryl methyl sites for hydroxylation is 1. The Labute approximate surface area is 131 Å². The van der Waals surface area contributed by atoms with E-state index in [0.29, 0.717) is 11.3 Å². The maximum absolute atomic E-state index is 12.2. The lowest BCUT2D eigenvalue weighted by atomic mass is 10.2. The molecule has 21 heavy (non-hydrogen) atoms. The second-order valence-electron chi connectivity index (χ2n) is 4.19. The summed E-state index contributed by atoms with van der Waals surface area (Å²) in [4.78, 5) is 0.238. The highest BCUT2D eigenvalue weighted by atomic mass is 32.2. The molecule has 0 aliphatic rings. The Morgan fingerprint density at radius 3 is 2.52 bits per heavy atom. The minimum Gasteiger partial charge on any atom is -0.384 e. The van der Waals surface area contributed by atoms with Gasteiger partial charge in [0.05, 0.1) is 10.6 Å². The van der Waals surface area contributed by atoms with Gasteiger partial charge in [0.15, 0.2) is 14.2 Å². The topological polar surface area (TPSA) is 110 Å². The maximum Gasteiger partial charge on any atom is 0.179 e. The standard InChI is InChI=1S/C12H14N4O2S3/c1-8-15-16-12(20-8)19-6-7-21(17,18)10-4-2-9(3-5-10)11(13)14/h2-5H,6-7H2,1H3,(H3,13,14). The second kappa shape index (κ2) is 6.54. The van der Waals surface area contributed by atoms with Gasteiger partial charge in [-0.3, -0.25) is 5.41 Å². The fourth-order valence-corrected chi connectivity index (χ4v) is 5.07. The summed E-state index contributed by atoms with van der Waals surface area (Å²) in [5, 5.41) is 16.0. The average molecular weight is 342 g/mol. The average Bonchev–Trinajstić information content (AvgIpc) is 2.84. The van der Waals surface area contributed by atoms with E-state index >= 15 is 0 Å². The van der Waals surface area contributed by atoms with Crippen molar-refractivity contribution >= 4 is 38.8 Å². The van der Waals surface area contributed by atoms with Crippen LogP contribution in [0.3, 0.4) is 0 Å². The number of nitrogen functional groups attached to an aromatic ring is 1. The van der Waals surface area contributed by atoms with Gasteiger partial charge in [-0.05, 0) is 19.1 Å². The van der Waals surface area contributed by atoms with E-state index in [2.05, 4.69) is 10.2 Å². The lowest BCUT2D eigenvalue weighted by Gasteiger charge is -2.04. The number of nitrogens with zero attached hydrogens (tertiary/aromatic N) is 2. The molecule has 0 spiro atoms. The van der Waals surface area contributed by atoms with Gasteiger partial charge < -0.3 is 5.73 Å². The first-order valence-electron chi connectivity index (χ1n) is 5.98. The molecule has 0 amide bonds. The third-order valence-electron chi connectivity index (χ3n) is 2.61. The number of rotatable bonds is 6. The molecule has 0 radical (unpaired) electrons. The quantitative estimate of drug-likeness (QED) is 0.470. The zero-order valence-corrected chi connectivity index (χ0v) is 13.7. The molecule has 0 aliphatic carbocycles. The van der Waals surface area contributed by atoms with E-state index in [1.54, 1.807) is 0 Å². The molecule has 1 heterocycles. The van der Waals surface area contributed by atoms with Crippen LogP contribution in [0.15, 0.2) is 33.5 Å². The molecule has 0 aliphatic heterocycles. The van der Waals surface area contributed by atoms with E-state index in [-0.39, 0.29) is 16.5 Å². The molecule has 3 N–H and O–H groups in total. The minimum absolute atomic E-state index is 0.0235. The van der Waals surface area contributed by atoms with Gasteiger partial charge in [-0.25, -0.2) is 8.42 Å². The summed E-state index contributed by atoms with van der Waals surface area (Å²) in [5.74, 6) is 0.363. The van der Waals surface area contributed by atoms with Gasteiger partial charge in [0, 0.05) is 11.3 Å². The van der Waals surface area contributed by atoms with Crippen molar-refractivity contribution in [1.29, 1.82) is 5.41 Å². The van der Waals surface area contributed by atoms with Crippen molar-refractivity contribution in [3.63, 3.8) is 0 Å². The van der Waals surface area contributed by atoms with Gasteiger partial charge in [0.25, 0.3) is 0 Å². The Kier molecular flexibility index (Phi) is 4.96. The first kappa shape index (κ1) is 15.9. The highest BCUT2D eigenvalue weighted by molar-refractivity contribution is 8.02. The number of benzene rings is 1. The zero-order valence-electron chi connectivity index (χ0n) is 11.2. The first-order chi connectivity index (χ1) is 9.88. The Bertz CT molecular complexity index is 738. The fourth-order valence-electron chi connectivity index (χ4n) is 1.54. The van der Waals surface area contributed by atoms with Gasteiger partial charge in [0.2, 0.25) is 0 Å². The highest BCUT2D eigenvalue weighted by Gasteiger charge is 2.15. The van der Waals surface area contributed by atoms with Crippen molar-refractivity contribution in [2.24, 2.45) is 5.73 Å². The number of aromatic nitrogens is 2. The van der Waals surface area contributed by atoms with E-state index in [0.717, 1.165) is 9.35 Å². The molecular weight excluding hydrogens is 328 g/mol. The van der Waals surface area contributed by atoms with E-state index in [1.807, 2.05) is 6.92 Å². The van der Waals surface area contributed by atoms with Crippen LogP contribution >= 0.6 is 23.1 Å². The molecule has 2 rings (SSSR count). The van der Waals surface area contributed by atoms with Gasteiger partial charge in [-0.1, -0.05) is 35.2 Å². The van der Waals surface area contributed by atoms with Crippen molar-refractivity contribution in [3.05, 3.63) is 34.8 Å². The zero-order chi connectivity index (χ0) is 15.5. The van der Waals surface area contributed by atoms with Gasteiger partial charge in [0.1, 0.15) is 10.8 Å². The predicted octanol–water partition coefficient (Wildman–Crippen LogP) is 1.70. The van der Waals surface area contributed by atoms with Crippen molar-refractivity contribution in [2.75, 3.05) is 11.5 Å². The smallest absolute Gasteiger partial charge is 0.179 e. The molecule has 0 bridgehead atoms. The summed E-state index contributed by atoms with van der Waals surface area (Å²) in [6.45, 7) is 1.86. The normalized spacial score (nSPS) is 11.5. The largest absolute Gasteiger partial charge is 0.384 e. The number of amidine groups is 1. The third kappa shape index (κ3) is 4.26. The van der Waals surface area contributed by atoms with Crippen LogP contribution in [0.1, 0.15) is 10.6 Å². The Hall–Kier alpha value is -1.45. The Morgan fingerprint density at radius 1 is 1.33 bits per heavy atom. The second-order valence-corrected chi connectivity index (χ2v) is 8.83. The van der Waals surface area contributed by atoms with E-state index in [1.165, 1.54) is 47.4 Å². The van der Waals surface area contributed by atoms with E-state index in [9.17, 15) is 8.42 Å². The summed E-state index contributed by atoms with van der Waals surface area (Å²) in [6.07, 6.45) is 0. The summed E-state index contributed by atoms with van der Waals surface area (Å²) in [7, 11) is -3.34. The number of nitrogens with two attached hydrogens (primary N) is 1. The maximum atomic E-state index is 12.2. The summed E-state index contributed by atoms with van der Waals surface area (Å²) in [6, 6.07) is 6.03. The molecule has 6 nitrogen and oxygen atoms in total. The fraction of sp³-hybridized carbons (Fsp3) is 0.250. The molecule has 0 atom stereocenters. The number of sulfone groups is 1. The Balaban J connectivity index is 1.99. The number of hydrogen-bond donors (Lipinski definition) is 2.